The number of amides is 1. The molecule has 25 heavy (non-hydrogen) atoms. The van der Waals surface area contributed by atoms with E-state index in [2.05, 4.69) is 12.2 Å². The van der Waals surface area contributed by atoms with Gasteiger partial charge in [0, 0.05) is 5.69 Å². The summed E-state index contributed by atoms with van der Waals surface area (Å²) in [6.07, 6.45) is 4.67. The first-order valence-electron chi connectivity index (χ1n) is 8.64. The number of oxazole rings is 1. The van der Waals surface area contributed by atoms with E-state index in [4.69, 9.17) is 4.42 Å². The number of carbonyl (C=O) groups excluding carboxylic acids is 1. The summed E-state index contributed by atoms with van der Waals surface area (Å²) in [4.78, 5) is 24.2. The minimum Gasteiger partial charge on any atom is -0.408 e. The molecule has 0 unspecified atom stereocenters. The van der Waals surface area contributed by atoms with E-state index in [0.29, 0.717) is 11.1 Å². The zero-order valence-electron chi connectivity index (χ0n) is 14.3. The SMILES string of the molecule is CCCCCc1ccc(NC(=O)Cn2c(=O)oc3ccccc32)cc1. The van der Waals surface area contributed by atoms with Crippen LogP contribution in [0.4, 0.5) is 5.69 Å². The number of aryl methyl sites for hydroxylation is 1. The number of anilines is 1. The average Bonchev–Trinajstić information content (AvgIpc) is 2.92. The number of hydrogen-bond acceptors (Lipinski definition) is 3. The summed E-state index contributed by atoms with van der Waals surface area (Å²) in [6.45, 7) is 2.11. The maximum absolute atomic E-state index is 12.3. The molecule has 0 saturated heterocycles. The van der Waals surface area contributed by atoms with Crippen LogP contribution in [0.5, 0.6) is 0 Å². The van der Waals surface area contributed by atoms with Gasteiger partial charge in [0.15, 0.2) is 5.58 Å². The van der Waals surface area contributed by atoms with Gasteiger partial charge in [-0.2, -0.15) is 0 Å². The van der Waals surface area contributed by atoms with Crippen molar-refractivity contribution in [2.45, 2.75) is 39.2 Å². The van der Waals surface area contributed by atoms with E-state index >= 15 is 0 Å². The minimum absolute atomic E-state index is 0.0753. The monoisotopic (exact) mass is 338 g/mol. The molecule has 0 aliphatic heterocycles. The van der Waals surface area contributed by atoms with Gasteiger partial charge in [-0.1, -0.05) is 44.0 Å². The van der Waals surface area contributed by atoms with E-state index in [9.17, 15) is 9.59 Å². The molecule has 1 heterocycles. The summed E-state index contributed by atoms with van der Waals surface area (Å²) in [5, 5.41) is 2.83. The van der Waals surface area contributed by atoms with Crippen LogP contribution in [-0.4, -0.2) is 10.5 Å². The van der Waals surface area contributed by atoms with Crippen molar-refractivity contribution >= 4 is 22.7 Å². The molecule has 1 aromatic heterocycles. The normalized spacial score (nSPS) is 10.9. The molecule has 1 amide bonds. The van der Waals surface area contributed by atoms with Crippen LogP contribution >= 0.6 is 0 Å². The average molecular weight is 338 g/mol. The summed E-state index contributed by atoms with van der Waals surface area (Å²) in [6, 6.07) is 14.9. The molecule has 0 spiro atoms. The Hall–Kier alpha value is -2.82. The summed E-state index contributed by atoms with van der Waals surface area (Å²) in [7, 11) is 0. The summed E-state index contributed by atoms with van der Waals surface area (Å²) in [5.41, 5.74) is 3.10. The largest absolute Gasteiger partial charge is 0.420 e. The van der Waals surface area contributed by atoms with E-state index in [1.807, 2.05) is 30.3 Å². The number of nitrogens with one attached hydrogen (secondary N) is 1. The van der Waals surface area contributed by atoms with Gasteiger partial charge in [0.25, 0.3) is 0 Å². The highest BCUT2D eigenvalue weighted by atomic mass is 16.4. The summed E-state index contributed by atoms with van der Waals surface area (Å²) < 4.78 is 6.48. The third-order valence-electron chi connectivity index (χ3n) is 4.18. The molecule has 2 aromatic carbocycles. The van der Waals surface area contributed by atoms with Crippen LogP contribution in [0.3, 0.4) is 0 Å². The van der Waals surface area contributed by atoms with Gasteiger partial charge < -0.3 is 9.73 Å². The quantitative estimate of drug-likeness (QED) is 0.663. The van der Waals surface area contributed by atoms with E-state index in [1.54, 1.807) is 18.2 Å². The third-order valence-corrected chi connectivity index (χ3v) is 4.18. The number of fused-ring (bicyclic) bond motifs is 1. The number of rotatable bonds is 7. The van der Waals surface area contributed by atoms with E-state index < -0.39 is 5.76 Å². The zero-order chi connectivity index (χ0) is 17.6. The first-order valence-corrected chi connectivity index (χ1v) is 8.64. The van der Waals surface area contributed by atoms with Gasteiger partial charge in [-0.05, 0) is 42.7 Å². The van der Waals surface area contributed by atoms with E-state index in [-0.39, 0.29) is 12.5 Å². The molecule has 5 nitrogen and oxygen atoms in total. The molecule has 0 aliphatic rings. The predicted molar refractivity (Wildman–Crippen MR) is 98.8 cm³/mol. The summed E-state index contributed by atoms with van der Waals surface area (Å²) in [5.74, 6) is -0.782. The highest BCUT2D eigenvalue weighted by Crippen LogP contribution is 2.14. The van der Waals surface area contributed by atoms with Crippen molar-refractivity contribution in [1.29, 1.82) is 0 Å². The van der Waals surface area contributed by atoms with Gasteiger partial charge in [-0.15, -0.1) is 0 Å². The van der Waals surface area contributed by atoms with Crippen molar-refractivity contribution in [2.24, 2.45) is 0 Å². The van der Waals surface area contributed by atoms with Crippen molar-refractivity contribution in [3.8, 4) is 0 Å². The number of hydrogen-bond donors (Lipinski definition) is 1. The van der Waals surface area contributed by atoms with Crippen LogP contribution in [0.1, 0.15) is 31.7 Å². The van der Waals surface area contributed by atoms with Gasteiger partial charge in [-0.25, -0.2) is 4.79 Å². The molecular weight excluding hydrogens is 316 g/mol. The van der Waals surface area contributed by atoms with Gasteiger partial charge in [-0.3, -0.25) is 9.36 Å². The van der Waals surface area contributed by atoms with Gasteiger partial charge >= 0.3 is 5.76 Å². The lowest BCUT2D eigenvalue weighted by Gasteiger charge is -2.07. The van der Waals surface area contributed by atoms with Crippen LogP contribution in [0, 0.1) is 0 Å². The standard InChI is InChI=1S/C20H22N2O3/c1-2-3-4-7-15-10-12-16(13-11-15)21-19(23)14-22-17-8-5-6-9-18(17)25-20(22)24/h5-6,8-13H,2-4,7,14H2,1H3,(H,21,23). The number of para-hydroxylation sites is 2. The molecule has 0 atom stereocenters. The number of nitrogens with zero attached hydrogens (tertiary/aromatic N) is 1. The number of benzene rings is 2. The lowest BCUT2D eigenvalue weighted by Crippen LogP contribution is -2.24. The Morgan fingerprint density at radius 2 is 1.84 bits per heavy atom. The maximum Gasteiger partial charge on any atom is 0.420 e. The fourth-order valence-electron chi connectivity index (χ4n) is 2.84. The molecule has 3 rings (SSSR count). The molecule has 1 N–H and O–H groups in total. The number of unbranched alkanes of at least 4 members (excludes halogenated alkanes) is 2. The Bertz CT molecular complexity index is 907. The highest BCUT2D eigenvalue weighted by molar-refractivity contribution is 5.91. The Balaban J connectivity index is 1.64. The lowest BCUT2D eigenvalue weighted by atomic mass is 10.1. The van der Waals surface area contributed by atoms with Crippen LogP contribution in [0.15, 0.2) is 57.7 Å². The summed E-state index contributed by atoms with van der Waals surface area (Å²) >= 11 is 0. The Morgan fingerprint density at radius 3 is 2.60 bits per heavy atom. The molecule has 3 aromatic rings. The van der Waals surface area contributed by atoms with Crippen LogP contribution < -0.4 is 11.1 Å². The Kier molecular flexibility index (Phi) is 5.33. The molecule has 0 fully saturated rings. The minimum atomic E-state index is -0.525. The molecule has 5 heteroatoms. The first kappa shape index (κ1) is 17.0. The van der Waals surface area contributed by atoms with Crippen LogP contribution in [0.25, 0.3) is 11.1 Å². The van der Waals surface area contributed by atoms with Gasteiger partial charge in [0.2, 0.25) is 5.91 Å². The van der Waals surface area contributed by atoms with Crippen molar-refractivity contribution < 1.29 is 9.21 Å². The zero-order valence-corrected chi connectivity index (χ0v) is 14.3. The molecular formula is C20H22N2O3. The highest BCUT2D eigenvalue weighted by Gasteiger charge is 2.12. The lowest BCUT2D eigenvalue weighted by molar-refractivity contribution is -0.116. The fraction of sp³-hybridized carbons (Fsp3) is 0.300. The van der Waals surface area contributed by atoms with E-state index in [1.165, 1.54) is 29.4 Å². The Labute approximate surface area is 146 Å². The second kappa shape index (κ2) is 7.83. The third kappa shape index (κ3) is 4.18. The maximum atomic E-state index is 12.3. The second-order valence-electron chi connectivity index (χ2n) is 6.12. The fourth-order valence-corrected chi connectivity index (χ4v) is 2.84. The van der Waals surface area contributed by atoms with Crippen molar-refractivity contribution in [3.05, 3.63) is 64.6 Å². The predicted octanol–water partition coefficient (Wildman–Crippen LogP) is 3.97. The smallest absolute Gasteiger partial charge is 0.408 e. The van der Waals surface area contributed by atoms with Gasteiger partial charge in [0.1, 0.15) is 6.54 Å². The van der Waals surface area contributed by atoms with Crippen LogP contribution in [0.2, 0.25) is 0 Å². The van der Waals surface area contributed by atoms with Crippen molar-refractivity contribution in [1.82, 2.24) is 4.57 Å². The first-order chi connectivity index (χ1) is 12.2. The van der Waals surface area contributed by atoms with Crippen LogP contribution in [-0.2, 0) is 17.8 Å². The molecule has 0 aliphatic carbocycles. The number of carbonyl (C=O) groups is 1. The molecule has 0 saturated carbocycles. The van der Waals surface area contributed by atoms with E-state index in [0.717, 1.165) is 12.1 Å². The molecule has 0 bridgehead atoms. The number of aromatic nitrogens is 1. The molecule has 130 valence electrons. The molecule has 0 radical (unpaired) electrons. The second-order valence-corrected chi connectivity index (χ2v) is 6.12. The topological polar surface area (TPSA) is 64.2 Å². The Morgan fingerprint density at radius 1 is 1.08 bits per heavy atom. The van der Waals surface area contributed by atoms with Crippen molar-refractivity contribution in [2.75, 3.05) is 5.32 Å². The van der Waals surface area contributed by atoms with Crippen molar-refractivity contribution in [3.63, 3.8) is 0 Å². The van der Waals surface area contributed by atoms with Gasteiger partial charge in [0.05, 0.1) is 5.52 Å².